The van der Waals surface area contributed by atoms with E-state index in [4.69, 9.17) is 9.84 Å². The molecule has 2 N–H and O–H groups in total. The second-order valence-corrected chi connectivity index (χ2v) is 4.66. The zero-order valence-electron chi connectivity index (χ0n) is 10.2. The number of carbonyl (C=O) groups is 1. The molecule has 2 aromatic rings. The number of aliphatic carboxylic acids is 1. The van der Waals surface area contributed by atoms with Crippen LogP contribution in [0.15, 0.2) is 36.7 Å². The molecule has 0 radical (unpaired) electrons. The average molecular weight is 258 g/mol. The predicted octanol–water partition coefficient (Wildman–Crippen LogP) is 1.43. The van der Waals surface area contributed by atoms with E-state index in [-0.39, 0.29) is 6.10 Å². The van der Waals surface area contributed by atoms with Crippen LogP contribution in [-0.4, -0.2) is 34.8 Å². The molecule has 1 fully saturated rings. The van der Waals surface area contributed by atoms with Crippen molar-refractivity contribution >= 4 is 16.7 Å². The van der Waals surface area contributed by atoms with Gasteiger partial charge in [0.25, 0.3) is 0 Å². The van der Waals surface area contributed by atoms with E-state index in [1.165, 1.54) is 0 Å². The van der Waals surface area contributed by atoms with E-state index < -0.39 is 12.0 Å². The molecule has 1 aromatic carbocycles. The van der Waals surface area contributed by atoms with Crippen LogP contribution >= 0.6 is 0 Å². The molecule has 2 heterocycles. The van der Waals surface area contributed by atoms with Crippen molar-refractivity contribution in [3.8, 4) is 5.75 Å². The molecule has 1 aromatic heterocycles. The van der Waals surface area contributed by atoms with Crippen molar-refractivity contribution in [2.45, 2.75) is 18.6 Å². The second kappa shape index (κ2) is 4.85. The van der Waals surface area contributed by atoms with Crippen LogP contribution in [0, 0.1) is 0 Å². The Labute approximate surface area is 110 Å². The Morgan fingerprint density at radius 1 is 1.37 bits per heavy atom. The molecule has 0 amide bonds. The van der Waals surface area contributed by atoms with Gasteiger partial charge in [0.15, 0.2) is 0 Å². The van der Waals surface area contributed by atoms with Gasteiger partial charge in [-0.15, -0.1) is 0 Å². The van der Waals surface area contributed by atoms with Crippen molar-refractivity contribution in [2.75, 3.05) is 6.54 Å². The lowest BCUT2D eigenvalue weighted by Gasteiger charge is -2.13. The van der Waals surface area contributed by atoms with Crippen molar-refractivity contribution < 1.29 is 14.6 Å². The molecule has 5 nitrogen and oxygen atoms in total. The molecule has 19 heavy (non-hydrogen) atoms. The molecule has 1 saturated heterocycles. The third kappa shape index (κ3) is 2.51. The van der Waals surface area contributed by atoms with E-state index in [0.29, 0.717) is 13.0 Å². The lowest BCUT2D eigenvalue weighted by Crippen LogP contribution is -2.30. The minimum absolute atomic E-state index is 0.102. The first-order chi connectivity index (χ1) is 9.22. The van der Waals surface area contributed by atoms with Crippen LogP contribution in [0.5, 0.6) is 5.75 Å². The van der Waals surface area contributed by atoms with Gasteiger partial charge in [0.1, 0.15) is 17.9 Å². The normalized spacial score (nSPS) is 22.5. The minimum Gasteiger partial charge on any atom is -0.489 e. The zero-order valence-corrected chi connectivity index (χ0v) is 10.2. The van der Waals surface area contributed by atoms with Crippen LogP contribution < -0.4 is 10.1 Å². The minimum atomic E-state index is -0.825. The first-order valence-corrected chi connectivity index (χ1v) is 6.19. The predicted molar refractivity (Wildman–Crippen MR) is 70.2 cm³/mol. The van der Waals surface area contributed by atoms with Gasteiger partial charge in [-0.25, -0.2) is 0 Å². The number of benzene rings is 1. The summed E-state index contributed by atoms with van der Waals surface area (Å²) >= 11 is 0. The molecule has 1 aliphatic heterocycles. The molecule has 0 bridgehead atoms. The molecule has 2 atom stereocenters. The van der Waals surface area contributed by atoms with Gasteiger partial charge in [-0.1, -0.05) is 6.07 Å². The number of rotatable bonds is 3. The molecular formula is C14H14N2O3. The summed E-state index contributed by atoms with van der Waals surface area (Å²) in [5, 5.41) is 14.0. The van der Waals surface area contributed by atoms with E-state index in [1.54, 1.807) is 12.4 Å². The second-order valence-electron chi connectivity index (χ2n) is 4.66. The van der Waals surface area contributed by atoms with Gasteiger partial charge >= 0.3 is 5.97 Å². The molecule has 0 unspecified atom stereocenters. The molecule has 5 heteroatoms. The Hall–Kier alpha value is -2.14. The number of pyridine rings is 1. The fourth-order valence-electron chi connectivity index (χ4n) is 2.31. The largest absolute Gasteiger partial charge is 0.489 e. The monoisotopic (exact) mass is 258 g/mol. The molecule has 98 valence electrons. The lowest BCUT2D eigenvalue weighted by molar-refractivity contribution is -0.139. The Bertz CT molecular complexity index is 614. The fraction of sp³-hybridized carbons (Fsp3) is 0.286. The number of carboxylic acid groups (broad SMARTS) is 1. The highest BCUT2D eigenvalue weighted by Gasteiger charge is 2.30. The maximum Gasteiger partial charge on any atom is 0.320 e. The van der Waals surface area contributed by atoms with Gasteiger partial charge in [-0.2, -0.15) is 0 Å². The summed E-state index contributed by atoms with van der Waals surface area (Å²) < 4.78 is 5.81. The molecule has 1 aliphatic rings. The van der Waals surface area contributed by atoms with Crippen molar-refractivity contribution in [3.63, 3.8) is 0 Å². The van der Waals surface area contributed by atoms with Gasteiger partial charge < -0.3 is 15.2 Å². The Kier molecular flexibility index (Phi) is 3.05. The first kappa shape index (κ1) is 11.9. The summed E-state index contributed by atoms with van der Waals surface area (Å²) in [6, 6.07) is 7.24. The Morgan fingerprint density at radius 2 is 2.26 bits per heavy atom. The number of carboxylic acids is 1. The van der Waals surface area contributed by atoms with Crippen LogP contribution in [0.3, 0.4) is 0 Å². The van der Waals surface area contributed by atoms with Crippen LogP contribution in [0.25, 0.3) is 10.8 Å². The number of hydrogen-bond acceptors (Lipinski definition) is 4. The Balaban J connectivity index is 1.73. The van der Waals surface area contributed by atoms with Gasteiger partial charge in [-0.3, -0.25) is 9.78 Å². The van der Waals surface area contributed by atoms with Crippen molar-refractivity contribution in [1.82, 2.24) is 10.3 Å². The van der Waals surface area contributed by atoms with Gasteiger partial charge in [0.05, 0.1) is 0 Å². The third-order valence-corrected chi connectivity index (χ3v) is 3.30. The van der Waals surface area contributed by atoms with Gasteiger partial charge in [0.2, 0.25) is 0 Å². The third-order valence-electron chi connectivity index (χ3n) is 3.30. The summed E-state index contributed by atoms with van der Waals surface area (Å²) in [6.45, 7) is 0.558. The number of nitrogens with zero attached hydrogens (tertiary/aromatic N) is 1. The molecular weight excluding hydrogens is 244 g/mol. The summed E-state index contributed by atoms with van der Waals surface area (Å²) in [4.78, 5) is 14.9. The fourth-order valence-corrected chi connectivity index (χ4v) is 2.31. The number of nitrogens with one attached hydrogen (secondary N) is 1. The van der Waals surface area contributed by atoms with E-state index in [0.717, 1.165) is 16.5 Å². The van der Waals surface area contributed by atoms with Gasteiger partial charge in [-0.05, 0) is 23.6 Å². The molecule has 0 spiro atoms. The van der Waals surface area contributed by atoms with E-state index in [1.807, 2.05) is 24.3 Å². The highest BCUT2D eigenvalue weighted by Crippen LogP contribution is 2.22. The maximum atomic E-state index is 10.8. The Morgan fingerprint density at radius 3 is 3.05 bits per heavy atom. The molecule has 0 saturated carbocycles. The van der Waals surface area contributed by atoms with Crippen LogP contribution in [0.2, 0.25) is 0 Å². The van der Waals surface area contributed by atoms with Gasteiger partial charge in [0, 0.05) is 30.7 Å². The summed E-state index contributed by atoms with van der Waals surface area (Å²) in [6.07, 6.45) is 3.92. The number of fused-ring (bicyclic) bond motifs is 1. The molecule has 3 rings (SSSR count). The smallest absolute Gasteiger partial charge is 0.320 e. The number of hydrogen-bond donors (Lipinski definition) is 2. The standard InChI is InChI=1S/C14H14N2O3/c17-14(18)13-6-12(8-16-13)19-11-2-1-9-3-4-15-7-10(9)5-11/h1-5,7,12-13,16H,6,8H2,(H,17,18)/t12-,13-/m0/s1. The van der Waals surface area contributed by atoms with Crippen LogP contribution in [0.4, 0.5) is 0 Å². The van der Waals surface area contributed by atoms with Crippen LogP contribution in [-0.2, 0) is 4.79 Å². The lowest BCUT2D eigenvalue weighted by atomic mass is 10.1. The van der Waals surface area contributed by atoms with Crippen LogP contribution in [0.1, 0.15) is 6.42 Å². The summed E-state index contributed by atoms with van der Waals surface area (Å²) in [5.41, 5.74) is 0. The first-order valence-electron chi connectivity index (χ1n) is 6.19. The summed E-state index contributed by atoms with van der Waals surface area (Å²) in [5.74, 6) is -0.0767. The average Bonchev–Trinajstić information content (AvgIpc) is 2.87. The van der Waals surface area contributed by atoms with Crippen molar-refractivity contribution in [2.24, 2.45) is 0 Å². The maximum absolute atomic E-state index is 10.8. The molecule has 0 aliphatic carbocycles. The van der Waals surface area contributed by atoms with E-state index >= 15 is 0 Å². The number of aromatic nitrogens is 1. The SMILES string of the molecule is O=C(O)[C@@H]1C[C@H](Oc2ccc3ccncc3c2)CN1. The topological polar surface area (TPSA) is 71.5 Å². The number of ether oxygens (including phenoxy) is 1. The highest BCUT2D eigenvalue weighted by atomic mass is 16.5. The zero-order chi connectivity index (χ0) is 13.2. The van der Waals surface area contributed by atoms with E-state index in [2.05, 4.69) is 10.3 Å². The van der Waals surface area contributed by atoms with Crippen molar-refractivity contribution in [3.05, 3.63) is 36.7 Å². The summed E-state index contributed by atoms with van der Waals surface area (Å²) in [7, 11) is 0. The van der Waals surface area contributed by atoms with Crippen molar-refractivity contribution in [1.29, 1.82) is 0 Å². The van der Waals surface area contributed by atoms with E-state index in [9.17, 15) is 4.79 Å². The quantitative estimate of drug-likeness (QED) is 0.871. The highest BCUT2D eigenvalue weighted by molar-refractivity contribution is 5.82.